The highest BCUT2D eigenvalue weighted by atomic mass is 16.5. The number of pyridine rings is 1. The van der Waals surface area contributed by atoms with E-state index in [0.29, 0.717) is 11.6 Å². The van der Waals surface area contributed by atoms with Crippen LogP contribution in [0.3, 0.4) is 0 Å². The van der Waals surface area contributed by atoms with E-state index in [4.69, 9.17) is 14.2 Å². The van der Waals surface area contributed by atoms with Crippen molar-refractivity contribution in [1.29, 1.82) is 0 Å². The van der Waals surface area contributed by atoms with E-state index in [2.05, 4.69) is 29.1 Å². The molecule has 160 valence electrons. The number of methoxy groups -OCH3 is 2. The minimum atomic E-state index is -0.328. The molecular formula is C24H30N2O4. The second kappa shape index (κ2) is 8.26. The molecule has 6 heteroatoms. The van der Waals surface area contributed by atoms with Gasteiger partial charge in [-0.05, 0) is 63.6 Å². The van der Waals surface area contributed by atoms with E-state index in [9.17, 15) is 4.79 Å². The van der Waals surface area contributed by atoms with Crippen LogP contribution in [-0.2, 0) is 14.2 Å². The number of aryl methyl sites for hydroxylation is 1. The summed E-state index contributed by atoms with van der Waals surface area (Å²) in [6.45, 7) is 2.93. The third kappa shape index (κ3) is 3.54. The summed E-state index contributed by atoms with van der Waals surface area (Å²) in [6.07, 6.45) is 12.1. The summed E-state index contributed by atoms with van der Waals surface area (Å²) in [5.74, 6) is 2.17. The van der Waals surface area contributed by atoms with Gasteiger partial charge in [0, 0.05) is 36.7 Å². The van der Waals surface area contributed by atoms with E-state index in [0.717, 1.165) is 61.5 Å². The maximum absolute atomic E-state index is 12.7. The molecule has 1 aromatic rings. The van der Waals surface area contributed by atoms with Crippen LogP contribution in [0, 0.1) is 12.3 Å². The molecule has 30 heavy (non-hydrogen) atoms. The first-order chi connectivity index (χ1) is 14.5. The van der Waals surface area contributed by atoms with Crippen LogP contribution in [0.2, 0.25) is 0 Å². The van der Waals surface area contributed by atoms with Crippen molar-refractivity contribution >= 4 is 5.97 Å². The van der Waals surface area contributed by atoms with Gasteiger partial charge < -0.3 is 19.1 Å². The second-order valence-electron chi connectivity index (χ2n) is 8.43. The van der Waals surface area contributed by atoms with E-state index in [-0.39, 0.29) is 11.4 Å². The number of fused-ring (bicyclic) bond motifs is 1. The molecule has 6 nitrogen and oxygen atoms in total. The summed E-state index contributed by atoms with van der Waals surface area (Å²) in [5, 5.41) is 0. The molecule has 2 aliphatic carbocycles. The van der Waals surface area contributed by atoms with Gasteiger partial charge in [0.25, 0.3) is 0 Å². The molecule has 2 heterocycles. The van der Waals surface area contributed by atoms with Crippen molar-refractivity contribution in [2.24, 2.45) is 5.41 Å². The number of aromatic nitrogens is 1. The van der Waals surface area contributed by atoms with E-state index in [1.807, 2.05) is 13.0 Å². The Balaban J connectivity index is 1.59. The lowest BCUT2D eigenvalue weighted by Crippen LogP contribution is -2.42. The monoisotopic (exact) mass is 410 g/mol. The van der Waals surface area contributed by atoms with E-state index in [1.165, 1.54) is 5.57 Å². The summed E-state index contributed by atoms with van der Waals surface area (Å²) in [6, 6.07) is 2.13. The van der Waals surface area contributed by atoms with Crippen LogP contribution in [0.15, 0.2) is 53.5 Å². The Morgan fingerprint density at radius 1 is 1.27 bits per heavy atom. The topological polar surface area (TPSA) is 60.9 Å². The van der Waals surface area contributed by atoms with E-state index < -0.39 is 0 Å². The van der Waals surface area contributed by atoms with Gasteiger partial charge in [-0.3, -0.25) is 4.98 Å². The van der Waals surface area contributed by atoms with Gasteiger partial charge in [-0.25, -0.2) is 4.79 Å². The Hall–Kier alpha value is -2.60. The Bertz CT molecular complexity index is 933. The van der Waals surface area contributed by atoms with Crippen LogP contribution in [0.5, 0.6) is 0 Å². The van der Waals surface area contributed by atoms with Gasteiger partial charge in [-0.1, -0.05) is 5.57 Å². The summed E-state index contributed by atoms with van der Waals surface area (Å²) in [5.41, 5.74) is 2.86. The predicted octanol–water partition coefficient (Wildman–Crippen LogP) is 4.14. The second-order valence-corrected chi connectivity index (χ2v) is 8.43. The first-order valence-electron chi connectivity index (χ1n) is 10.5. The van der Waals surface area contributed by atoms with Crippen LogP contribution >= 0.6 is 0 Å². The molecule has 1 fully saturated rings. The SMILES string of the molecule is COC1=C(OC)CCC([C@@]23CC=C(OC(=O)c4cnccc4C)C[C@@H]2N(C)CC3)=C1. The zero-order valence-corrected chi connectivity index (χ0v) is 18.2. The number of allylic oxidation sites excluding steroid dienone is 3. The quantitative estimate of drug-likeness (QED) is 0.680. The molecule has 0 radical (unpaired) electrons. The molecule has 0 unspecified atom stereocenters. The lowest BCUT2D eigenvalue weighted by molar-refractivity contribution is 0.0566. The van der Waals surface area contributed by atoms with Gasteiger partial charge in [-0.15, -0.1) is 0 Å². The van der Waals surface area contributed by atoms with Gasteiger partial charge in [0.1, 0.15) is 11.5 Å². The fraction of sp³-hybridized carbons (Fsp3) is 0.500. The fourth-order valence-electron chi connectivity index (χ4n) is 5.17. The van der Waals surface area contributed by atoms with Crippen molar-refractivity contribution in [2.75, 3.05) is 27.8 Å². The number of ether oxygens (including phenoxy) is 3. The zero-order valence-electron chi connectivity index (χ0n) is 18.2. The molecule has 0 bridgehead atoms. The number of hydrogen-bond donors (Lipinski definition) is 0. The zero-order chi connectivity index (χ0) is 21.3. The molecule has 0 aromatic carbocycles. The minimum Gasteiger partial charge on any atom is -0.497 e. The van der Waals surface area contributed by atoms with Gasteiger partial charge in [0.2, 0.25) is 0 Å². The number of carbonyl (C=O) groups excluding carboxylic acids is 1. The molecule has 0 amide bonds. The van der Waals surface area contributed by atoms with Crippen molar-refractivity contribution in [3.05, 3.63) is 64.6 Å². The molecule has 0 spiro atoms. The largest absolute Gasteiger partial charge is 0.497 e. The summed E-state index contributed by atoms with van der Waals surface area (Å²) in [4.78, 5) is 19.1. The average Bonchev–Trinajstić information content (AvgIpc) is 3.10. The standard InChI is InChI=1S/C24H30N2O4/c1-16-8-11-25-15-19(16)23(27)30-18-7-9-24(10-12-26(2)22(24)14-18)17-5-6-20(28-3)21(13-17)29-4/h7-8,11,13,15,22H,5-6,9-10,12,14H2,1-4H3/t22-,24-/m0/s1. The summed E-state index contributed by atoms with van der Waals surface area (Å²) < 4.78 is 16.9. The fourth-order valence-corrected chi connectivity index (χ4v) is 5.17. The van der Waals surface area contributed by atoms with Gasteiger partial charge in [0.05, 0.1) is 19.8 Å². The maximum atomic E-state index is 12.7. The van der Waals surface area contributed by atoms with Crippen LogP contribution in [0.25, 0.3) is 0 Å². The number of carbonyl (C=O) groups is 1. The van der Waals surface area contributed by atoms with Crippen LogP contribution in [0.4, 0.5) is 0 Å². The van der Waals surface area contributed by atoms with Crippen LogP contribution in [-0.4, -0.2) is 49.7 Å². The smallest absolute Gasteiger partial charge is 0.345 e. The molecule has 0 saturated carbocycles. The first kappa shape index (κ1) is 20.7. The Kier molecular flexibility index (Phi) is 5.69. The molecule has 1 aliphatic heterocycles. The van der Waals surface area contributed by atoms with Crippen LogP contribution in [0.1, 0.15) is 48.0 Å². The third-order valence-electron chi connectivity index (χ3n) is 6.96. The summed E-state index contributed by atoms with van der Waals surface area (Å²) in [7, 11) is 5.56. The Morgan fingerprint density at radius 2 is 2.10 bits per heavy atom. The highest BCUT2D eigenvalue weighted by Crippen LogP contribution is 2.53. The highest BCUT2D eigenvalue weighted by molar-refractivity contribution is 5.91. The lowest BCUT2D eigenvalue weighted by atomic mass is 9.65. The van der Waals surface area contributed by atoms with Crippen molar-refractivity contribution in [2.45, 2.75) is 45.1 Å². The predicted molar refractivity (Wildman–Crippen MR) is 114 cm³/mol. The van der Waals surface area contributed by atoms with Gasteiger partial charge in [-0.2, -0.15) is 0 Å². The van der Waals surface area contributed by atoms with Crippen molar-refractivity contribution in [3.8, 4) is 0 Å². The molecular weight excluding hydrogens is 380 g/mol. The third-order valence-corrected chi connectivity index (χ3v) is 6.96. The molecule has 2 atom stereocenters. The average molecular weight is 411 g/mol. The maximum Gasteiger partial charge on any atom is 0.345 e. The van der Waals surface area contributed by atoms with Gasteiger partial charge in [0.15, 0.2) is 5.76 Å². The van der Waals surface area contributed by atoms with Gasteiger partial charge >= 0.3 is 5.97 Å². The summed E-state index contributed by atoms with van der Waals surface area (Å²) >= 11 is 0. The molecule has 3 aliphatic rings. The number of nitrogens with zero attached hydrogens (tertiary/aromatic N) is 2. The number of esters is 1. The number of likely N-dealkylation sites (tertiary alicyclic amines) is 1. The van der Waals surface area contributed by atoms with Crippen molar-refractivity contribution in [1.82, 2.24) is 9.88 Å². The Morgan fingerprint density at radius 3 is 2.83 bits per heavy atom. The molecule has 0 N–H and O–H groups in total. The first-order valence-corrected chi connectivity index (χ1v) is 10.5. The lowest BCUT2D eigenvalue weighted by Gasteiger charge is -2.43. The van der Waals surface area contributed by atoms with Crippen molar-refractivity contribution in [3.63, 3.8) is 0 Å². The Labute approximate surface area is 178 Å². The molecule has 4 rings (SSSR count). The normalized spacial score (nSPS) is 26.6. The minimum absolute atomic E-state index is 0.0535. The number of hydrogen-bond acceptors (Lipinski definition) is 6. The van der Waals surface area contributed by atoms with Crippen LogP contribution < -0.4 is 0 Å². The highest BCUT2D eigenvalue weighted by Gasteiger charge is 2.50. The molecule has 1 aromatic heterocycles. The van der Waals surface area contributed by atoms with E-state index >= 15 is 0 Å². The number of rotatable bonds is 5. The van der Waals surface area contributed by atoms with E-state index in [1.54, 1.807) is 26.6 Å². The molecule has 1 saturated heterocycles. The van der Waals surface area contributed by atoms with Crippen molar-refractivity contribution < 1.29 is 19.0 Å².